The molecule has 0 fully saturated rings. The first-order chi connectivity index (χ1) is 12.0. The molecule has 4 N–H and O–H groups in total. The van der Waals surface area contributed by atoms with Gasteiger partial charge in [-0.1, -0.05) is 11.8 Å². The number of ether oxygens (including phenoxy) is 4. The number of hydrogen-bond donors (Lipinski definition) is 2. The summed E-state index contributed by atoms with van der Waals surface area (Å²) in [7, 11) is 6.17. The number of nitrogen functional groups attached to an aromatic ring is 2. The van der Waals surface area contributed by atoms with Gasteiger partial charge in [0, 0.05) is 12.7 Å². The first kappa shape index (κ1) is 18.2. The van der Waals surface area contributed by atoms with Crippen molar-refractivity contribution in [1.82, 2.24) is 9.97 Å². The van der Waals surface area contributed by atoms with Gasteiger partial charge in [-0.25, -0.2) is 4.98 Å². The van der Waals surface area contributed by atoms with Crippen LogP contribution in [-0.2, 0) is 4.74 Å². The van der Waals surface area contributed by atoms with Gasteiger partial charge in [-0.15, -0.1) is 0 Å². The van der Waals surface area contributed by atoms with E-state index in [9.17, 15) is 0 Å². The second kappa shape index (κ2) is 8.08. The molecule has 0 unspecified atom stereocenters. The van der Waals surface area contributed by atoms with Crippen LogP contribution >= 0.6 is 0 Å². The average molecular weight is 344 g/mol. The van der Waals surface area contributed by atoms with Crippen LogP contribution in [0.5, 0.6) is 17.2 Å². The van der Waals surface area contributed by atoms with Gasteiger partial charge >= 0.3 is 0 Å². The predicted octanol–water partition coefficient (Wildman–Crippen LogP) is 1.41. The van der Waals surface area contributed by atoms with Crippen molar-refractivity contribution >= 4 is 11.8 Å². The van der Waals surface area contributed by atoms with E-state index >= 15 is 0 Å². The molecule has 132 valence electrons. The van der Waals surface area contributed by atoms with Crippen molar-refractivity contribution in [3.63, 3.8) is 0 Å². The molecule has 1 atom stereocenters. The molecule has 0 aliphatic rings. The van der Waals surface area contributed by atoms with E-state index in [0.717, 1.165) is 5.56 Å². The SMILES string of the molecule is COc1cc([C@@H](C#Cc2cnc(N)nc2N)OC)cc(OC)c1OC. The first-order valence-corrected chi connectivity index (χ1v) is 7.26. The molecule has 0 bridgehead atoms. The zero-order valence-electron chi connectivity index (χ0n) is 14.5. The van der Waals surface area contributed by atoms with Crippen molar-refractivity contribution in [2.24, 2.45) is 0 Å². The second-order valence-corrected chi connectivity index (χ2v) is 4.87. The summed E-state index contributed by atoms with van der Waals surface area (Å²) in [5.74, 6) is 7.69. The van der Waals surface area contributed by atoms with Crippen LogP contribution in [0.3, 0.4) is 0 Å². The highest BCUT2D eigenvalue weighted by molar-refractivity contribution is 5.56. The molecule has 1 aromatic carbocycles. The van der Waals surface area contributed by atoms with Crippen LogP contribution in [-0.4, -0.2) is 38.4 Å². The number of aromatic nitrogens is 2. The lowest BCUT2D eigenvalue weighted by Gasteiger charge is -2.16. The Bertz CT molecular complexity index is 789. The molecule has 2 rings (SSSR count). The number of nitrogens with two attached hydrogens (primary N) is 2. The highest BCUT2D eigenvalue weighted by Crippen LogP contribution is 2.40. The fourth-order valence-electron chi connectivity index (χ4n) is 2.18. The molecule has 8 nitrogen and oxygen atoms in total. The Morgan fingerprint density at radius 3 is 2.12 bits per heavy atom. The lowest BCUT2D eigenvalue weighted by atomic mass is 10.1. The van der Waals surface area contributed by atoms with E-state index in [0.29, 0.717) is 22.8 Å². The zero-order chi connectivity index (χ0) is 18.4. The zero-order valence-corrected chi connectivity index (χ0v) is 14.5. The van der Waals surface area contributed by atoms with Crippen LogP contribution in [0.1, 0.15) is 17.2 Å². The number of hydrogen-bond acceptors (Lipinski definition) is 8. The summed E-state index contributed by atoms with van der Waals surface area (Å²) >= 11 is 0. The van der Waals surface area contributed by atoms with E-state index in [2.05, 4.69) is 21.8 Å². The standard InChI is InChI=1S/C17H20N4O4/c1-22-12(6-5-10-9-20-17(19)21-16(10)18)11-7-13(23-2)15(25-4)14(8-11)24-3/h7-9,12H,1-4H3,(H4,18,19,20,21)/t12-/m1/s1. The maximum atomic E-state index is 5.79. The molecule has 8 heteroatoms. The summed E-state index contributed by atoms with van der Waals surface area (Å²) in [5.41, 5.74) is 12.5. The van der Waals surface area contributed by atoms with E-state index in [-0.39, 0.29) is 11.8 Å². The van der Waals surface area contributed by atoms with Crippen LogP contribution in [0.15, 0.2) is 18.3 Å². The minimum Gasteiger partial charge on any atom is -0.493 e. The molecule has 0 aliphatic heterocycles. The maximum Gasteiger partial charge on any atom is 0.221 e. The van der Waals surface area contributed by atoms with Crippen LogP contribution < -0.4 is 25.7 Å². The number of anilines is 2. The first-order valence-electron chi connectivity index (χ1n) is 7.26. The molecule has 0 saturated heterocycles. The monoisotopic (exact) mass is 344 g/mol. The van der Waals surface area contributed by atoms with Crippen LogP contribution in [0.2, 0.25) is 0 Å². The molecule has 0 aliphatic carbocycles. The Balaban J connectivity index is 2.43. The van der Waals surface area contributed by atoms with Gasteiger partial charge in [-0.3, -0.25) is 0 Å². The third-order valence-corrected chi connectivity index (χ3v) is 3.40. The molecule has 1 heterocycles. The van der Waals surface area contributed by atoms with Crippen molar-refractivity contribution in [3.05, 3.63) is 29.5 Å². The lowest BCUT2D eigenvalue weighted by Crippen LogP contribution is -2.03. The van der Waals surface area contributed by atoms with Crippen molar-refractivity contribution < 1.29 is 18.9 Å². The van der Waals surface area contributed by atoms with Gasteiger partial charge in [0.05, 0.1) is 33.1 Å². The topological polar surface area (TPSA) is 115 Å². The van der Waals surface area contributed by atoms with E-state index in [4.69, 9.17) is 30.4 Å². The second-order valence-electron chi connectivity index (χ2n) is 4.87. The third kappa shape index (κ3) is 4.02. The Kier molecular flexibility index (Phi) is 5.87. The van der Waals surface area contributed by atoms with Crippen molar-refractivity contribution in [1.29, 1.82) is 0 Å². The Morgan fingerprint density at radius 2 is 1.64 bits per heavy atom. The fourth-order valence-corrected chi connectivity index (χ4v) is 2.18. The summed E-state index contributed by atoms with van der Waals surface area (Å²) in [6, 6.07) is 3.54. The van der Waals surface area contributed by atoms with E-state index in [1.807, 2.05) is 0 Å². The molecular formula is C17H20N4O4. The molecular weight excluding hydrogens is 324 g/mol. The smallest absolute Gasteiger partial charge is 0.221 e. The van der Waals surface area contributed by atoms with E-state index in [1.54, 1.807) is 33.5 Å². The molecule has 1 aromatic heterocycles. The highest BCUT2D eigenvalue weighted by Gasteiger charge is 2.17. The Labute approximate surface area is 146 Å². The summed E-state index contributed by atoms with van der Waals surface area (Å²) in [6.07, 6.45) is 0.915. The van der Waals surface area contributed by atoms with Gasteiger partial charge in [0.25, 0.3) is 0 Å². The van der Waals surface area contributed by atoms with Gasteiger partial charge in [-0.2, -0.15) is 4.98 Å². The quantitative estimate of drug-likeness (QED) is 0.782. The molecule has 25 heavy (non-hydrogen) atoms. The molecule has 2 aromatic rings. The van der Waals surface area contributed by atoms with Gasteiger partial charge in [-0.05, 0) is 12.1 Å². The molecule has 0 radical (unpaired) electrons. The van der Waals surface area contributed by atoms with Gasteiger partial charge in [0.15, 0.2) is 11.5 Å². The number of nitrogens with zero attached hydrogens (tertiary/aromatic N) is 2. The third-order valence-electron chi connectivity index (χ3n) is 3.40. The number of methoxy groups -OCH3 is 4. The van der Waals surface area contributed by atoms with Crippen molar-refractivity contribution in [2.75, 3.05) is 39.9 Å². The molecule has 0 spiro atoms. The van der Waals surface area contributed by atoms with Gasteiger partial charge < -0.3 is 30.4 Å². The van der Waals surface area contributed by atoms with E-state index in [1.165, 1.54) is 13.3 Å². The summed E-state index contributed by atoms with van der Waals surface area (Å²) in [6.45, 7) is 0. The summed E-state index contributed by atoms with van der Waals surface area (Å²) < 4.78 is 21.5. The van der Waals surface area contributed by atoms with Crippen LogP contribution in [0.25, 0.3) is 0 Å². The molecule has 0 amide bonds. The minimum absolute atomic E-state index is 0.0935. The minimum atomic E-state index is -0.550. The lowest BCUT2D eigenvalue weighted by molar-refractivity contribution is 0.149. The van der Waals surface area contributed by atoms with Crippen LogP contribution in [0, 0.1) is 11.8 Å². The number of benzene rings is 1. The largest absolute Gasteiger partial charge is 0.493 e. The molecule has 0 saturated carbocycles. The normalized spacial score (nSPS) is 11.2. The highest BCUT2D eigenvalue weighted by atomic mass is 16.5. The van der Waals surface area contributed by atoms with Gasteiger partial charge in [0.2, 0.25) is 11.7 Å². The summed E-state index contributed by atoms with van der Waals surface area (Å²) in [5, 5.41) is 0. The number of rotatable bonds is 5. The average Bonchev–Trinajstić information content (AvgIpc) is 2.62. The fraction of sp³-hybridized carbons (Fsp3) is 0.294. The summed E-state index contributed by atoms with van der Waals surface area (Å²) in [4.78, 5) is 7.75. The Morgan fingerprint density at radius 1 is 1.00 bits per heavy atom. The predicted molar refractivity (Wildman–Crippen MR) is 93.6 cm³/mol. The van der Waals surface area contributed by atoms with Crippen molar-refractivity contribution in [3.8, 4) is 29.1 Å². The van der Waals surface area contributed by atoms with Crippen LogP contribution in [0.4, 0.5) is 11.8 Å². The van der Waals surface area contributed by atoms with Gasteiger partial charge in [0.1, 0.15) is 11.9 Å². The van der Waals surface area contributed by atoms with E-state index < -0.39 is 6.10 Å². The van der Waals surface area contributed by atoms with Crippen molar-refractivity contribution in [2.45, 2.75) is 6.10 Å². The maximum absolute atomic E-state index is 5.79. The Hall–Kier alpha value is -3.18.